The summed E-state index contributed by atoms with van der Waals surface area (Å²) in [7, 11) is 3.79. The average Bonchev–Trinajstić information content (AvgIpc) is 3.78. The van der Waals surface area contributed by atoms with Gasteiger partial charge < -0.3 is 20.0 Å². The van der Waals surface area contributed by atoms with Crippen molar-refractivity contribution in [3.63, 3.8) is 0 Å². The fourth-order valence-electron chi connectivity index (χ4n) is 6.42. The van der Waals surface area contributed by atoms with Crippen molar-refractivity contribution < 1.29 is 24.6 Å². The number of likely N-dealkylation sites (N-methyl/N-ethyl adjacent to an activating group) is 1. The molecule has 1 aromatic rings. The van der Waals surface area contributed by atoms with E-state index < -0.39 is 11.9 Å². The summed E-state index contributed by atoms with van der Waals surface area (Å²) in [4.78, 5) is 46.2. The van der Waals surface area contributed by atoms with E-state index in [0.717, 1.165) is 44.3 Å². The van der Waals surface area contributed by atoms with Gasteiger partial charge in [-0.2, -0.15) is 5.10 Å². The van der Waals surface area contributed by atoms with E-state index in [1.165, 1.54) is 17.7 Å². The molecule has 41 heavy (non-hydrogen) atoms. The predicted molar refractivity (Wildman–Crippen MR) is 156 cm³/mol. The van der Waals surface area contributed by atoms with Crippen molar-refractivity contribution in [1.29, 1.82) is 0 Å². The Kier molecular flexibility index (Phi) is 8.77. The van der Waals surface area contributed by atoms with Gasteiger partial charge in [0.25, 0.3) is 11.8 Å². The van der Waals surface area contributed by atoms with Gasteiger partial charge in [-0.25, -0.2) is 0 Å². The van der Waals surface area contributed by atoms with Crippen LogP contribution in [-0.4, -0.2) is 119 Å². The quantitative estimate of drug-likeness (QED) is 0.234. The number of likely N-dealkylation sites (tertiary alicyclic amines) is 2. The Labute approximate surface area is 241 Å². The van der Waals surface area contributed by atoms with Crippen LogP contribution in [0.15, 0.2) is 34.4 Å². The molecule has 222 valence electrons. The van der Waals surface area contributed by atoms with Gasteiger partial charge in [0.2, 0.25) is 0 Å². The number of imide groups is 1. The number of nitrogens with zero attached hydrogens (tertiary/aromatic N) is 5. The fraction of sp³-hybridized carbons (Fsp3) is 0.600. The van der Waals surface area contributed by atoms with Crippen molar-refractivity contribution >= 4 is 29.2 Å². The van der Waals surface area contributed by atoms with Crippen molar-refractivity contribution in [1.82, 2.24) is 19.6 Å². The first kappa shape index (κ1) is 29.2. The van der Waals surface area contributed by atoms with E-state index in [4.69, 9.17) is 5.11 Å². The van der Waals surface area contributed by atoms with Crippen molar-refractivity contribution in [3.8, 4) is 5.75 Å². The number of hydrazone groups is 1. The van der Waals surface area contributed by atoms with E-state index >= 15 is 0 Å². The first-order valence-electron chi connectivity index (χ1n) is 14.7. The van der Waals surface area contributed by atoms with Gasteiger partial charge in [-0.3, -0.25) is 29.6 Å². The van der Waals surface area contributed by atoms with Crippen LogP contribution in [0.5, 0.6) is 5.75 Å². The smallest absolute Gasteiger partial charge is 0.317 e. The second-order valence-corrected chi connectivity index (χ2v) is 12.1. The zero-order valence-electron chi connectivity index (χ0n) is 24.3. The zero-order chi connectivity index (χ0) is 29.3. The second kappa shape index (κ2) is 12.3. The molecule has 5 rings (SSSR count). The predicted octanol–water partition coefficient (Wildman–Crippen LogP) is 2.30. The molecule has 0 radical (unpaired) electrons. The molecule has 0 bridgehead atoms. The lowest BCUT2D eigenvalue weighted by Gasteiger charge is -2.40. The summed E-state index contributed by atoms with van der Waals surface area (Å²) in [6.07, 6.45) is 5.48. The summed E-state index contributed by atoms with van der Waals surface area (Å²) >= 11 is 0. The van der Waals surface area contributed by atoms with Crippen LogP contribution in [-0.2, 0) is 14.4 Å². The number of aliphatic carboxylic acids is 1. The van der Waals surface area contributed by atoms with Crippen LogP contribution in [0, 0.1) is 0 Å². The number of rotatable bonds is 9. The molecule has 0 unspecified atom stereocenters. The summed E-state index contributed by atoms with van der Waals surface area (Å²) in [5, 5.41) is 24.7. The molecule has 11 heteroatoms. The Balaban J connectivity index is 1.36. The average molecular weight is 567 g/mol. The van der Waals surface area contributed by atoms with Crippen LogP contribution in [0.2, 0.25) is 0 Å². The number of phenols is 1. The van der Waals surface area contributed by atoms with E-state index in [1.54, 1.807) is 13.0 Å². The minimum atomic E-state index is -0.837. The highest BCUT2D eigenvalue weighted by molar-refractivity contribution is 6.50. The standard InChI is InChI=1S/C30H42N6O5/c1-19-24(17-33(2)3)29(40)36(22-11-15-35(16-12-22)21-7-8-21)30(41)27(19)32-31-25-6-4-5-23(28(25)39)20-9-13-34(14-10-20)18-26(37)38/h4-6,20-22,31,39H,7-18H2,1-3H3,(H,37,38)/b32-27+. The molecule has 0 spiro atoms. The molecule has 1 aromatic carbocycles. The number of hydrogen-bond acceptors (Lipinski definition) is 9. The van der Waals surface area contributed by atoms with Gasteiger partial charge >= 0.3 is 5.97 Å². The van der Waals surface area contributed by atoms with Gasteiger partial charge in [0.15, 0.2) is 5.71 Å². The highest BCUT2D eigenvalue weighted by Gasteiger charge is 2.43. The number of carbonyl (C=O) groups excluding carboxylic acids is 2. The van der Waals surface area contributed by atoms with Crippen LogP contribution in [0.3, 0.4) is 0 Å². The van der Waals surface area contributed by atoms with Crippen molar-refractivity contribution in [2.45, 2.75) is 63.5 Å². The van der Waals surface area contributed by atoms with Crippen LogP contribution in [0.4, 0.5) is 5.69 Å². The molecule has 3 fully saturated rings. The van der Waals surface area contributed by atoms with Gasteiger partial charge in [0, 0.05) is 37.3 Å². The Hall–Kier alpha value is -3.28. The van der Waals surface area contributed by atoms with Crippen LogP contribution >= 0.6 is 0 Å². The molecular weight excluding hydrogens is 524 g/mol. The number of amides is 2. The highest BCUT2D eigenvalue weighted by atomic mass is 16.4. The lowest BCUT2D eigenvalue weighted by atomic mass is 9.88. The third-order valence-corrected chi connectivity index (χ3v) is 8.85. The molecule has 1 aliphatic carbocycles. The number of carboxylic acid groups (broad SMARTS) is 1. The number of piperidine rings is 2. The maximum absolute atomic E-state index is 13.8. The van der Waals surface area contributed by atoms with Gasteiger partial charge in [0.1, 0.15) is 5.75 Å². The van der Waals surface area contributed by atoms with Gasteiger partial charge in [-0.15, -0.1) is 0 Å². The Bertz CT molecular complexity index is 1240. The number of hydrogen-bond donors (Lipinski definition) is 3. The van der Waals surface area contributed by atoms with Gasteiger partial charge in [0.05, 0.1) is 12.2 Å². The number of nitrogens with one attached hydrogen (secondary N) is 1. The SMILES string of the molecule is CC1=C(CN(C)C)C(=O)N(C2CCN(C3CC3)CC2)C(=O)/C1=N/Nc1cccc(C2CCN(CC(=O)O)CC2)c1O. The molecule has 2 saturated heterocycles. The third-order valence-electron chi connectivity index (χ3n) is 8.85. The van der Waals surface area contributed by atoms with Crippen molar-refractivity contribution in [2.75, 3.05) is 58.8 Å². The summed E-state index contributed by atoms with van der Waals surface area (Å²) in [5.41, 5.74) is 5.40. The molecule has 0 aromatic heterocycles. The number of phenolic OH excluding ortho intramolecular Hbond substituents is 1. The van der Waals surface area contributed by atoms with E-state index in [-0.39, 0.29) is 35.9 Å². The van der Waals surface area contributed by atoms with Crippen LogP contribution in [0.1, 0.15) is 56.9 Å². The maximum Gasteiger partial charge on any atom is 0.317 e. The number of carboxylic acids is 1. The molecular formula is C30H42N6O5. The lowest BCUT2D eigenvalue weighted by Crippen LogP contribution is -2.56. The van der Waals surface area contributed by atoms with Crippen LogP contribution < -0.4 is 5.43 Å². The molecule has 11 nitrogen and oxygen atoms in total. The fourth-order valence-corrected chi connectivity index (χ4v) is 6.42. The lowest BCUT2D eigenvalue weighted by molar-refractivity contribution is -0.143. The topological polar surface area (TPSA) is 129 Å². The highest BCUT2D eigenvalue weighted by Crippen LogP contribution is 2.38. The normalized spacial score (nSPS) is 23.2. The molecule has 3 N–H and O–H groups in total. The number of carbonyl (C=O) groups is 3. The van der Waals surface area contributed by atoms with E-state index in [1.807, 2.05) is 36.0 Å². The first-order valence-corrected chi connectivity index (χ1v) is 14.7. The van der Waals surface area contributed by atoms with E-state index in [0.29, 0.717) is 42.5 Å². The molecule has 0 atom stereocenters. The summed E-state index contributed by atoms with van der Waals surface area (Å²) in [6.45, 7) is 5.25. The summed E-state index contributed by atoms with van der Waals surface area (Å²) < 4.78 is 0. The van der Waals surface area contributed by atoms with E-state index in [2.05, 4.69) is 15.4 Å². The minimum Gasteiger partial charge on any atom is -0.505 e. The number of anilines is 1. The molecule has 3 aliphatic heterocycles. The molecule has 3 heterocycles. The number of aromatic hydroxyl groups is 1. The number of para-hydroxylation sites is 1. The van der Waals surface area contributed by atoms with Crippen molar-refractivity contribution in [2.24, 2.45) is 5.10 Å². The third kappa shape index (κ3) is 6.47. The molecule has 4 aliphatic rings. The zero-order valence-corrected chi connectivity index (χ0v) is 24.3. The molecule has 2 amide bonds. The second-order valence-electron chi connectivity index (χ2n) is 12.1. The molecule has 1 saturated carbocycles. The summed E-state index contributed by atoms with van der Waals surface area (Å²) in [6, 6.07) is 5.94. The van der Waals surface area contributed by atoms with Gasteiger partial charge in [-0.05, 0) is 95.8 Å². The minimum absolute atomic E-state index is 0.0215. The first-order chi connectivity index (χ1) is 19.6. The van der Waals surface area contributed by atoms with Gasteiger partial charge in [-0.1, -0.05) is 12.1 Å². The Morgan fingerprint density at radius 1 is 1.00 bits per heavy atom. The Morgan fingerprint density at radius 2 is 1.68 bits per heavy atom. The Morgan fingerprint density at radius 3 is 2.29 bits per heavy atom. The number of benzene rings is 1. The van der Waals surface area contributed by atoms with Crippen molar-refractivity contribution in [3.05, 3.63) is 34.9 Å². The van der Waals surface area contributed by atoms with E-state index in [9.17, 15) is 19.5 Å². The summed E-state index contributed by atoms with van der Waals surface area (Å²) in [5.74, 6) is -1.30. The van der Waals surface area contributed by atoms with Crippen LogP contribution in [0.25, 0.3) is 0 Å². The maximum atomic E-state index is 13.8. The largest absolute Gasteiger partial charge is 0.505 e. The monoisotopic (exact) mass is 566 g/mol.